The number of nitrogens with one attached hydrogen (secondary N) is 3. The molecule has 0 aliphatic carbocycles. The number of hydrogen-bond acceptors (Lipinski definition) is 15. The summed E-state index contributed by atoms with van der Waals surface area (Å²) in [5.74, 6) is -4.08. The van der Waals surface area contributed by atoms with E-state index in [2.05, 4.69) is 35.6 Å². The quantitative estimate of drug-likeness (QED) is 0.0977. The molecule has 2 aliphatic heterocycles. The molecular formula is C48H69N11O10S. The summed E-state index contributed by atoms with van der Waals surface area (Å²) in [7, 11) is 0.513. The van der Waals surface area contributed by atoms with E-state index in [-0.39, 0.29) is 56.0 Å². The number of rotatable bonds is 26. The van der Waals surface area contributed by atoms with Crippen LogP contribution in [0.1, 0.15) is 83.7 Å². The van der Waals surface area contributed by atoms with Gasteiger partial charge in [-0.3, -0.25) is 43.1 Å². The summed E-state index contributed by atoms with van der Waals surface area (Å²) in [6.07, 6.45) is 5.81. The molecule has 0 bridgehead atoms. The molecule has 3 N–H and O–H groups in total. The maximum Gasteiger partial charge on any atom is 0.256 e. The Bertz CT molecular complexity index is 2420. The minimum Gasteiger partial charge on any atom is -0.379 e. The van der Waals surface area contributed by atoms with Crippen molar-refractivity contribution in [3.8, 4) is 0 Å². The standard InChI is InChI=1S/C48H69N11O10S/c1-10-31(4)43(56(7)47(65)42(30(2)3)52-48-49-22-21-32(5)50-48)38(68-8)27-41(62)58-24-14-18-37(58)44(69-9)33(6)45(63)51-36(26-34-16-12-11-13-17-34)46(64)54-70(66,67)25-15-23-57-28-35(53-55-57)29-59-39(60)19-20-40(59)61/h11-13,16-17,19-22,28,30-31,33,36-38,42-44H,10,14-15,18,23-27,29H2,1-9H3,(H,51,63)(H,54,64)(H,49,50,52)/t31-,33+,36-,37?,38+,42-,43-,44+/m0/s1. The van der Waals surface area contributed by atoms with E-state index < -0.39 is 81.7 Å². The van der Waals surface area contributed by atoms with E-state index in [4.69, 9.17) is 9.47 Å². The highest BCUT2D eigenvalue weighted by molar-refractivity contribution is 7.90. The molecule has 382 valence electrons. The van der Waals surface area contributed by atoms with Crippen LogP contribution in [0.3, 0.4) is 0 Å². The molecule has 0 radical (unpaired) electrons. The van der Waals surface area contributed by atoms with E-state index in [1.165, 1.54) is 25.1 Å². The molecule has 0 saturated carbocycles. The fourth-order valence-corrected chi connectivity index (χ4v) is 10.1. The number of imide groups is 1. The lowest BCUT2D eigenvalue weighted by Gasteiger charge is -2.40. The lowest BCUT2D eigenvalue weighted by Crippen LogP contribution is -2.56. The van der Waals surface area contributed by atoms with Gasteiger partial charge < -0.3 is 29.9 Å². The van der Waals surface area contributed by atoms with Crippen molar-refractivity contribution in [3.63, 3.8) is 0 Å². The number of aryl methyl sites for hydroxylation is 2. The number of likely N-dealkylation sites (tertiary alicyclic amines) is 1. The molecule has 3 aromatic rings. The van der Waals surface area contributed by atoms with E-state index in [1.54, 1.807) is 66.4 Å². The van der Waals surface area contributed by atoms with Crippen molar-refractivity contribution < 1.29 is 46.7 Å². The van der Waals surface area contributed by atoms with Gasteiger partial charge in [-0.2, -0.15) is 0 Å². The number of carbonyl (C=O) groups excluding carboxylic acids is 6. The third-order valence-electron chi connectivity index (χ3n) is 13.0. The minimum atomic E-state index is -4.21. The summed E-state index contributed by atoms with van der Waals surface area (Å²) in [6.45, 7) is 11.8. The van der Waals surface area contributed by atoms with Gasteiger partial charge in [0.2, 0.25) is 33.7 Å². The van der Waals surface area contributed by atoms with Crippen LogP contribution in [-0.2, 0) is 67.8 Å². The first-order chi connectivity index (χ1) is 33.3. The molecule has 2 aliphatic rings. The summed E-state index contributed by atoms with van der Waals surface area (Å²) >= 11 is 0. The fourth-order valence-electron chi connectivity index (χ4n) is 9.02. The van der Waals surface area contributed by atoms with Crippen molar-refractivity contribution in [2.75, 3.05) is 38.9 Å². The normalized spacial score (nSPS) is 18.0. The van der Waals surface area contributed by atoms with E-state index in [0.29, 0.717) is 43.0 Å². The van der Waals surface area contributed by atoms with Crippen LogP contribution in [0, 0.1) is 24.7 Å². The molecule has 70 heavy (non-hydrogen) atoms. The molecule has 0 spiro atoms. The lowest BCUT2D eigenvalue weighted by molar-refractivity contribution is -0.146. The monoisotopic (exact) mass is 991 g/mol. The van der Waals surface area contributed by atoms with Gasteiger partial charge in [0.05, 0.1) is 55.1 Å². The van der Waals surface area contributed by atoms with E-state index in [1.807, 2.05) is 34.6 Å². The second kappa shape index (κ2) is 25.1. The zero-order valence-electron chi connectivity index (χ0n) is 41.6. The highest BCUT2D eigenvalue weighted by atomic mass is 32.2. The Morgan fingerprint density at radius 1 is 0.971 bits per heavy atom. The Balaban J connectivity index is 1.24. The van der Waals surface area contributed by atoms with Crippen LogP contribution in [0.15, 0.2) is 60.9 Å². The largest absolute Gasteiger partial charge is 0.379 e. The Morgan fingerprint density at radius 3 is 2.30 bits per heavy atom. The molecule has 1 unspecified atom stereocenters. The molecule has 8 atom stereocenters. The summed E-state index contributed by atoms with van der Waals surface area (Å²) < 4.78 is 42.1. The zero-order valence-corrected chi connectivity index (χ0v) is 42.4. The SMILES string of the molecule is CC[C@H](C)[C@@H]([C@@H](CC(=O)N1CCCC1[C@H](OC)[C@@H](C)C(=O)N[C@@H](Cc1ccccc1)C(=O)NS(=O)(=O)CCCn1cc(CN2C(=O)C=CC2=O)nn1)OC)N(C)C(=O)[C@@H](Nc1nccc(C)n1)C(C)C. The predicted molar refractivity (Wildman–Crippen MR) is 258 cm³/mol. The molecule has 2 aromatic heterocycles. The number of methoxy groups -OCH3 is 2. The second-order valence-corrected chi connectivity index (χ2v) is 20.3. The number of aromatic nitrogens is 5. The van der Waals surface area contributed by atoms with Crippen molar-refractivity contribution in [1.29, 1.82) is 0 Å². The molecule has 22 heteroatoms. The first kappa shape index (κ1) is 54.8. The van der Waals surface area contributed by atoms with Crippen LogP contribution in [0.5, 0.6) is 0 Å². The van der Waals surface area contributed by atoms with Gasteiger partial charge in [0.15, 0.2) is 0 Å². The Morgan fingerprint density at radius 2 is 1.67 bits per heavy atom. The summed E-state index contributed by atoms with van der Waals surface area (Å²) in [5, 5.41) is 13.9. The highest BCUT2D eigenvalue weighted by Gasteiger charge is 2.43. The van der Waals surface area contributed by atoms with E-state index >= 15 is 0 Å². The number of benzene rings is 1. The van der Waals surface area contributed by atoms with Crippen molar-refractivity contribution in [1.82, 2.24) is 49.7 Å². The van der Waals surface area contributed by atoms with Gasteiger partial charge in [-0.1, -0.05) is 76.6 Å². The molecule has 1 fully saturated rings. The Hall–Kier alpha value is -6.13. The van der Waals surface area contributed by atoms with Gasteiger partial charge in [0, 0.05) is 64.8 Å². The first-order valence-electron chi connectivity index (χ1n) is 23.8. The van der Waals surface area contributed by atoms with E-state index in [0.717, 1.165) is 22.7 Å². The van der Waals surface area contributed by atoms with Gasteiger partial charge in [0.1, 0.15) is 17.8 Å². The predicted octanol–water partition coefficient (Wildman–Crippen LogP) is 2.42. The van der Waals surface area contributed by atoms with Gasteiger partial charge in [-0.15, -0.1) is 5.10 Å². The van der Waals surface area contributed by atoms with E-state index in [9.17, 15) is 37.2 Å². The molecule has 4 heterocycles. The number of amides is 6. The summed E-state index contributed by atoms with van der Waals surface area (Å²) in [5.41, 5.74) is 1.76. The van der Waals surface area contributed by atoms with Gasteiger partial charge >= 0.3 is 0 Å². The maximum absolute atomic E-state index is 14.4. The summed E-state index contributed by atoms with van der Waals surface area (Å²) in [4.78, 5) is 93.6. The van der Waals surface area contributed by atoms with Crippen LogP contribution in [-0.4, -0.2) is 153 Å². The van der Waals surface area contributed by atoms with Crippen LogP contribution in [0.4, 0.5) is 5.95 Å². The van der Waals surface area contributed by atoms with Crippen molar-refractivity contribution in [2.24, 2.45) is 17.8 Å². The molecule has 21 nitrogen and oxygen atoms in total. The van der Waals surface area contributed by atoms with Gasteiger partial charge in [0.25, 0.3) is 17.7 Å². The van der Waals surface area contributed by atoms with Crippen molar-refractivity contribution in [3.05, 3.63) is 77.9 Å². The number of nitrogens with zero attached hydrogens (tertiary/aromatic N) is 8. The topological polar surface area (TPSA) is 257 Å². The average molecular weight is 992 g/mol. The zero-order chi connectivity index (χ0) is 51.3. The molecule has 1 saturated heterocycles. The molecule has 6 amide bonds. The third kappa shape index (κ3) is 14.5. The van der Waals surface area contributed by atoms with Crippen LogP contribution >= 0.6 is 0 Å². The van der Waals surface area contributed by atoms with Crippen molar-refractivity contribution >= 4 is 51.4 Å². The van der Waals surface area contributed by atoms with Crippen LogP contribution in [0.2, 0.25) is 0 Å². The molecule has 1 aromatic carbocycles. The van der Waals surface area contributed by atoms with Crippen LogP contribution < -0.4 is 15.4 Å². The Kier molecular flexibility index (Phi) is 19.7. The lowest BCUT2D eigenvalue weighted by atomic mass is 9.89. The Labute approximate surface area is 410 Å². The smallest absolute Gasteiger partial charge is 0.256 e. The number of sulfonamides is 1. The maximum atomic E-state index is 14.4. The highest BCUT2D eigenvalue weighted by Crippen LogP contribution is 2.30. The number of carbonyl (C=O) groups is 6. The molecule has 5 rings (SSSR count). The van der Waals surface area contributed by atoms with Crippen molar-refractivity contribution in [2.45, 2.75) is 130 Å². The number of ether oxygens (including phenoxy) is 2. The second-order valence-electron chi connectivity index (χ2n) is 18.4. The van der Waals surface area contributed by atoms with Crippen LogP contribution in [0.25, 0.3) is 0 Å². The third-order valence-corrected chi connectivity index (χ3v) is 14.4. The number of likely N-dealkylation sites (N-methyl/N-ethyl adjacent to an activating group) is 1. The minimum absolute atomic E-state index is 0.0218. The number of anilines is 1. The number of hydrogen-bond donors (Lipinski definition) is 3. The first-order valence-corrected chi connectivity index (χ1v) is 25.4. The fraction of sp³-hybridized carbons (Fsp3) is 0.583. The van der Waals surface area contributed by atoms with Gasteiger partial charge in [-0.05, 0) is 49.7 Å². The molecular weight excluding hydrogens is 923 g/mol. The average Bonchev–Trinajstić information content (AvgIpc) is 4.08. The summed E-state index contributed by atoms with van der Waals surface area (Å²) in [6, 6.07) is 7.65. The van der Waals surface area contributed by atoms with Gasteiger partial charge in [-0.25, -0.2) is 18.4 Å².